The number of hydrogen-bond acceptors (Lipinski definition) is 8. The van der Waals surface area contributed by atoms with E-state index in [2.05, 4.69) is 0 Å². The van der Waals surface area contributed by atoms with Gasteiger partial charge in [0.15, 0.2) is 0 Å². The summed E-state index contributed by atoms with van der Waals surface area (Å²) in [5.74, 6) is -1.41. The average molecular weight is 429 g/mol. The van der Waals surface area contributed by atoms with Gasteiger partial charge in [-0.15, -0.1) is 0 Å². The van der Waals surface area contributed by atoms with E-state index in [1.807, 2.05) is 55.4 Å². The molecule has 2 heterocycles. The summed E-state index contributed by atoms with van der Waals surface area (Å²) in [5, 5.41) is 23.2. The first-order valence-electron chi connectivity index (χ1n) is 10.9. The molecule has 8 nitrogen and oxygen atoms in total. The summed E-state index contributed by atoms with van der Waals surface area (Å²) in [4.78, 5) is 25.0. The molecule has 30 heavy (non-hydrogen) atoms. The van der Waals surface area contributed by atoms with E-state index in [1.165, 1.54) is 10.1 Å². The van der Waals surface area contributed by atoms with Gasteiger partial charge in [-0.05, 0) is 81.1 Å². The van der Waals surface area contributed by atoms with Crippen molar-refractivity contribution >= 4 is 11.9 Å². The van der Waals surface area contributed by atoms with Crippen molar-refractivity contribution in [2.24, 2.45) is 11.8 Å². The van der Waals surface area contributed by atoms with Crippen LogP contribution in [-0.4, -0.2) is 67.8 Å². The zero-order valence-corrected chi connectivity index (χ0v) is 19.8. The Morgan fingerprint density at radius 3 is 1.27 bits per heavy atom. The van der Waals surface area contributed by atoms with Crippen LogP contribution in [0.15, 0.2) is 0 Å². The molecule has 2 fully saturated rings. The Bertz CT molecular complexity index is 602. The lowest BCUT2D eigenvalue weighted by atomic mass is 9.87. The molecule has 0 aromatic rings. The van der Waals surface area contributed by atoms with E-state index in [0.717, 1.165) is 0 Å². The third-order valence-corrected chi connectivity index (χ3v) is 6.95. The van der Waals surface area contributed by atoms with Crippen LogP contribution in [0, 0.1) is 11.8 Å². The van der Waals surface area contributed by atoms with Crippen LogP contribution in [0.4, 0.5) is 0 Å². The van der Waals surface area contributed by atoms with Gasteiger partial charge in [-0.2, -0.15) is 10.1 Å². The van der Waals surface area contributed by atoms with Crippen molar-refractivity contribution in [2.75, 3.05) is 13.2 Å². The molecule has 0 amide bonds. The van der Waals surface area contributed by atoms with Crippen molar-refractivity contribution in [3.8, 4) is 0 Å². The van der Waals surface area contributed by atoms with Gasteiger partial charge < -0.3 is 19.9 Å². The minimum Gasteiger partial charge on any atom is -0.465 e. The summed E-state index contributed by atoms with van der Waals surface area (Å²) in [6.07, 6.45) is 2.23. The predicted octanol–water partition coefficient (Wildman–Crippen LogP) is 3.39. The lowest BCUT2D eigenvalue weighted by Crippen LogP contribution is -2.48. The number of rotatable bonds is 7. The fourth-order valence-electron chi connectivity index (χ4n) is 5.02. The van der Waals surface area contributed by atoms with E-state index in [9.17, 15) is 20.0 Å². The number of unbranched alkanes of at least 4 members (excludes halogenated alkanes) is 1. The Balaban J connectivity index is 1.72. The SMILES string of the molecule is CC1(C)CC(C(=O)OCCCCOC(=O)C2CC(C)(C)N(O)C2(C)C)C(C)(C)N1O. The zero-order chi connectivity index (χ0) is 23.1. The maximum atomic E-state index is 12.5. The van der Waals surface area contributed by atoms with Gasteiger partial charge in [0.2, 0.25) is 0 Å². The van der Waals surface area contributed by atoms with E-state index in [-0.39, 0.29) is 25.2 Å². The van der Waals surface area contributed by atoms with Gasteiger partial charge in [-0.1, -0.05) is 0 Å². The van der Waals surface area contributed by atoms with Gasteiger partial charge in [0.1, 0.15) is 0 Å². The van der Waals surface area contributed by atoms with Gasteiger partial charge in [0, 0.05) is 11.1 Å². The van der Waals surface area contributed by atoms with Gasteiger partial charge >= 0.3 is 11.9 Å². The molecular formula is C22H40N2O6. The van der Waals surface area contributed by atoms with Crippen molar-refractivity contribution < 1.29 is 29.5 Å². The Hall–Kier alpha value is -1.22. The Morgan fingerprint density at radius 2 is 1.03 bits per heavy atom. The van der Waals surface area contributed by atoms with Crippen LogP contribution >= 0.6 is 0 Å². The van der Waals surface area contributed by atoms with Crippen LogP contribution in [-0.2, 0) is 19.1 Å². The number of hydroxylamine groups is 4. The van der Waals surface area contributed by atoms with Crippen LogP contribution in [0.2, 0.25) is 0 Å². The largest absolute Gasteiger partial charge is 0.465 e. The van der Waals surface area contributed by atoms with E-state index >= 15 is 0 Å². The summed E-state index contributed by atoms with van der Waals surface area (Å²) in [7, 11) is 0. The zero-order valence-electron chi connectivity index (χ0n) is 19.8. The van der Waals surface area contributed by atoms with Gasteiger partial charge in [-0.3, -0.25) is 9.59 Å². The second-order valence-electron chi connectivity index (χ2n) is 11.1. The standard InChI is InChI=1S/C22H40N2O6/c1-19(2)13-15(21(5,6)23(19)27)17(25)29-11-9-10-12-30-18(26)16-14-20(3,4)24(28)22(16,7)8/h15-16,27-28H,9-14H2,1-8H3. The van der Waals surface area contributed by atoms with E-state index in [4.69, 9.17) is 9.47 Å². The highest BCUT2D eigenvalue weighted by Crippen LogP contribution is 2.45. The minimum absolute atomic E-state index is 0.251. The van der Waals surface area contributed by atoms with Crippen molar-refractivity contribution in [3.05, 3.63) is 0 Å². The summed E-state index contributed by atoms with van der Waals surface area (Å²) in [5.41, 5.74) is -2.32. The first kappa shape index (κ1) is 25.0. The highest BCUT2D eigenvalue weighted by molar-refractivity contribution is 5.75. The van der Waals surface area contributed by atoms with Gasteiger partial charge in [0.25, 0.3) is 0 Å². The molecule has 174 valence electrons. The molecule has 0 aromatic carbocycles. The quantitative estimate of drug-likeness (QED) is 0.470. The maximum Gasteiger partial charge on any atom is 0.310 e. The molecule has 2 N–H and O–H groups in total. The second-order valence-corrected chi connectivity index (χ2v) is 11.1. The molecule has 0 aliphatic carbocycles. The fourth-order valence-corrected chi connectivity index (χ4v) is 5.02. The molecule has 2 atom stereocenters. The van der Waals surface area contributed by atoms with Crippen molar-refractivity contribution in [2.45, 2.75) is 103 Å². The lowest BCUT2D eigenvalue weighted by Gasteiger charge is -2.35. The van der Waals surface area contributed by atoms with E-state index < -0.39 is 34.0 Å². The Morgan fingerprint density at radius 1 is 0.733 bits per heavy atom. The van der Waals surface area contributed by atoms with Crippen LogP contribution in [0.3, 0.4) is 0 Å². The molecular weight excluding hydrogens is 388 g/mol. The van der Waals surface area contributed by atoms with Gasteiger partial charge in [-0.25, -0.2) is 0 Å². The van der Waals surface area contributed by atoms with Crippen molar-refractivity contribution in [1.82, 2.24) is 10.1 Å². The molecule has 0 spiro atoms. The highest BCUT2D eigenvalue weighted by Gasteiger charge is 2.55. The van der Waals surface area contributed by atoms with E-state index in [0.29, 0.717) is 25.7 Å². The molecule has 0 radical (unpaired) electrons. The van der Waals surface area contributed by atoms with Crippen LogP contribution in [0.5, 0.6) is 0 Å². The van der Waals surface area contributed by atoms with E-state index in [1.54, 1.807) is 0 Å². The topological polar surface area (TPSA) is 99.5 Å². The lowest BCUT2D eigenvalue weighted by molar-refractivity contribution is -0.200. The smallest absolute Gasteiger partial charge is 0.310 e. The number of carbonyl (C=O) groups is 2. The Kier molecular flexibility index (Phi) is 6.99. The monoisotopic (exact) mass is 428 g/mol. The molecule has 2 aliphatic rings. The number of esters is 2. The molecule has 2 aliphatic heterocycles. The van der Waals surface area contributed by atoms with Crippen molar-refractivity contribution in [1.29, 1.82) is 0 Å². The molecule has 0 bridgehead atoms. The third-order valence-electron chi connectivity index (χ3n) is 6.95. The number of carbonyl (C=O) groups excluding carboxylic acids is 2. The maximum absolute atomic E-state index is 12.5. The van der Waals surface area contributed by atoms with Crippen LogP contribution in [0.1, 0.15) is 81.1 Å². The molecule has 0 aromatic heterocycles. The second kappa shape index (κ2) is 8.37. The highest BCUT2D eigenvalue weighted by atomic mass is 16.5. The summed E-state index contributed by atoms with van der Waals surface area (Å²) >= 11 is 0. The number of nitrogens with zero attached hydrogens (tertiary/aromatic N) is 2. The number of ether oxygens (including phenoxy) is 2. The average Bonchev–Trinajstić information content (AvgIpc) is 2.91. The molecule has 2 saturated heterocycles. The molecule has 2 rings (SSSR count). The summed E-state index contributed by atoms with van der Waals surface area (Å²) in [6.45, 7) is 15.5. The summed E-state index contributed by atoms with van der Waals surface area (Å²) < 4.78 is 10.9. The summed E-state index contributed by atoms with van der Waals surface area (Å²) in [6, 6.07) is 0. The minimum atomic E-state index is -0.682. The molecule has 2 unspecified atom stereocenters. The Labute approximate surface area is 180 Å². The number of hydrogen-bond donors (Lipinski definition) is 2. The van der Waals surface area contributed by atoms with Crippen LogP contribution in [0.25, 0.3) is 0 Å². The first-order chi connectivity index (χ1) is 13.5. The molecule has 8 heteroatoms. The third kappa shape index (κ3) is 4.66. The predicted molar refractivity (Wildman–Crippen MR) is 111 cm³/mol. The van der Waals surface area contributed by atoms with Crippen molar-refractivity contribution in [3.63, 3.8) is 0 Å². The normalized spacial score (nSPS) is 29.7. The van der Waals surface area contributed by atoms with Gasteiger partial charge in [0.05, 0.1) is 36.1 Å². The van der Waals surface area contributed by atoms with Crippen LogP contribution < -0.4 is 0 Å². The first-order valence-corrected chi connectivity index (χ1v) is 10.9. The fraction of sp³-hybridized carbons (Fsp3) is 0.909. The molecule has 0 saturated carbocycles.